The summed E-state index contributed by atoms with van der Waals surface area (Å²) in [6.07, 6.45) is 0.833. The second-order valence-electron chi connectivity index (χ2n) is 7.69. The van der Waals surface area contributed by atoms with Crippen molar-refractivity contribution in [3.63, 3.8) is 0 Å². The number of hydrogen-bond acceptors (Lipinski definition) is 7. The molecule has 0 radical (unpaired) electrons. The van der Waals surface area contributed by atoms with Crippen molar-refractivity contribution in [2.45, 2.75) is 39.1 Å². The van der Waals surface area contributed by atoms with Gasteiger partial charge >= 0.3 is 5.97 Å². The highest BCUT2D eigenvalue weighted by atomic mass is 32.2. The third-order valence-electron chi connectivity index (χ3n) is 4.99. The summed E-state index contributed by atoms with van der Waals surface area (Å²) in [5.41, 5.74) is -0.226. The van der Waals surface area contributed by atoms with Gasteiger partial charge in [0, 0.05) is 12.1 Å². The SMILES string of the molecule is CC(C)N1CC(C(=O)O)n2c(COS(C)(=O)=O)cc(=O)c(OCc3ccccc3)c2C1=O. The first-order chi connectivity index (χ1) is 15.0. The molecule has 0 bridgehead atoms. The molecule has 0 fully saturated rings. The van der Waals surface area contributed by atoms with Gasteiger partial charge in [0.1, 0.15) is 19.3 Å². The molecule has 2 heterocycles. The lowest BCUT2D eigenvalue weighted by molar-refractivity contribution is -0.141. The van der Waals surface area contributed by atoms with Crippen LogP contribution in [0.25, 0.3) is 0 Å². The van der Waals surface area contributed by atoms with Crippen LogP contribution in [0.3, 0.4) is 0 Å². The molecule has 1 unspecified atom stereocenters. The summed E-state index contributed by atoms with van der Waals surface area (Å²) < 4.78 is 34.6. The van der Waals surface area contributed by atoms with Crippen molar-refractivity contribution >= 4 is 22.0 Å². The number of fused-ring (bicyclic) bond motifs is 1. The number of pyridine rings is 1. The maximum Gasteiger partial charge on any atom is 0.328 e. The monoisotopic (exact) mass is 464 g/mol. The molecule has 1 amide bonds. The Labute approximate surface area is 185 Å². The number of aromatic nitrogens is 1. The Hall–Kier alpha value is -3.18. The molecule has 10 nitrogen and oxygen atoms in total. The number of aliphatic carboxylic acids is 1. The number of rotatable bonds is 8. The van der Waals surface area contributed by atoms with Crippen LogP contribution >= 0.6 is 0 Å². The van der Waals surface area contributed by atoms with Crippen molar-refractivity contribution < 1.29 is 32.0 Å². The minimum absolute atomic E-state index is 0.0189. The predicted molar refractivity (Wildman–Crippen MR) is 114 cm³/mol. The summed E-state index contributed by atoms with van der Waals surface area (Å²) in [6.45, 7) is 2.68. The molecule has 172 valence electrons. The van der Waals surface area contributed by atoms with Crippen molar-refractivity contribution in [3.05, 3.63) is 63.6 Å². The minimum Gasteiger partial charge on any atom is -0.483 e. The first-order valence-electron chi connectivity index (χ1n) is 9.83. The van der Waals surface area contributed by atoms with Crippen molar-refractivity contribution in [3.8, 4) is 5.75 Å². The Balaban J connectivity index is 2.18. The minimum atomic E-state index is -3.88. The number of carbonyl (C=O) groups excluding carboxylic acids is 1. The summed E-state index contributed by atoms with van der Waals surface area (Å²) in [5, 5.41) is 9.85. The van der Waals surface area contributed by atoms with Gasteiger partial charge in [-0.25, -0.2) is 4.79 Å². The molecule has 0 saturated heterocycles. The lowest BCUT2D eigenvalue weighted by atomic mass is 10.1. The molecular weight excluding hydrogens is 440 g/mol. The van der Waals surface area contributed by atoms with Gasteiger partial charge in [-0.2, -0.15) is 8.42 Å². The van der Waals surface area contributed by atoms with E-state index in [-0.39, 0.29) is 36.3 Å². The summed E-state index contributed by atoms with van der Waals surface area (Å²) in [4.78, 5) is 39.6. The Morgan fingerprint density at radius 3 is 2.41 bits per heavy atom. The number of hydrogen-bond donors (Lipinski definition) is 1. The first kappa shape index (κ1) is 23.5. The predicted octanol–water partition coefficient (Wildman–Crippen LogP) is 1.39. The largest absolute Gasteiger partial charge is 0.483 e. The van der Waals surface area contributed by atoms with Crippen LogP contribution in [0.1, 0.15) is 41.6 Å². The highest BCUT2D eigenvalue weighted by molar-refractivity contribution is 7.85. The van der Waals surface area contributed by atoms with E-state index in [0.29, 0.717) is 0 Å². The fraction of sp³-hybridized carbons (Fsp3) is 0.381. The van der Waals surface area contributed by atoms with Crippen molar-refractivity contribution in [1.82, 2.24) is 9.47 Å². The molecule has 1 aromatic carbocycles. The second kappa shape index (κ2) is 9.13. The van der Waals surface area contributed by atoms with E-state index in [9.17, 15) is 27.9 Å². The molecule has 1 aliphatic heterocycles. The van der Waals surface area contributed by atoms with Gasteiger partial charge in [-0.1, -0.05) is 30.3 Å². The number of carboxylic acid groups (broad SMARTS) is 1. The molecule has 32 heavy (non-hydrogen) atoms. The molecule has 2 aromatic rings. The highest BCUT2D eigenvalue weighted by Crippen LogP contribution is 2.30. The number of amides is 1. The third kappa shape index (κ3) is 5.00. The molecule has 11 heteroatoms. The molecule has 0 saturated carbocycles. The summed E-state index contributed by atoms with van der Waals surface area (Å²) in [5.74, 6) is -2.12. The van der Waals surface area contributed by atoms with E-state index in [1.54, 1.807) is 38.1 Å². The summed E-state index contributed by atoms with van der Waals surface area (Å²) >= 11 is 0. The van der Waals surface area contributed by atoms with Gasteiger partial charge in [-0.3, -0.25) is 13.8 Å². The van der Waals surface area contributed by atoms with Gasteiger partial charge in [0.05, 0.1) is 18.5 Å². The number of nitrogens with zero attached hydrogens (tertiary/aromatic N) is 2. The van der Waals surface area contributed by atoms with Crippen LogP contribution in [0, 0.1) is 0 Å². The fourth-order valence-electron chi connectivity index (χ4n) is 3.48. The quantitative estimate of drug-likeness (QED) is 0.580. The number of benzene rings is 1. The van der Waals surface area contributed by atoms with Gasteiger partial charge in [0.2, 0.25) is 5.43 Å². The van der Waals surface area contributed by atoms with Gasteiger partial charge < -0.3 is 19.3 Å². The standard InChI is InChI=1S/C21H24N2O8S/c1-13(2)22-10-16(21(26)27)23-15(12-31-32(3,28)29)9-17(24)19(18(23)20(22)25)30-11-14-7-5-4-6-8-14/h4-9,13,16H,10-12H2,1-3H3,(H,26,27). The average Bonchev–Trinajstić information content (AvgIpc) is 2.71. The normalized spacial score (nSPS) is 16.2. The van der Waals surface area contributed by atoms with Gasteiger partial charge in [-0.15, -0.1) is 0 Å². The van der Waals surface area contributed by atoms with E-state index in [4.69, 9.17) is 8.92 Å². The lowest BCUT2D eigenvalue weighted by Gasteiger charge is -2.38. The topological polar surface area (TPSA) is 132 Å². The molecule has 1 atom stereocenters. The molecule has 1 aliphatic rings. The zero-order valence-electron chi connectivity index (χ0n) is 17.8. The Bertz CT molecular complexity index is 1190. The highest BCUT2D eigenvalue weighted by Gasteiger charge is 2.40. The van der Waals surface area contributed by atoms with E-state index >= 15 is 0 Å². The van der Waals surface area contributed by atoms with Crippen LogP contribution in [0.15, 0.2) is 41.2 Å². The van der Waals surface area contributed by atoms with Crippen LogP contribution in [-0.4, -0.2) is 53.7 Å². The maximum atomic E-state index is 13.3. The van der Waals surface area contributed by atoms with Crippen LogP contribution < -0.4 is 10.2 Å². The van der Waals surface area contributed by atoms with E-state index in [0.717, 1.165) is 22.5 Å². The number of carboxylic acids is 1. The first-order valence-corrected chi connectivity index (χ1v) is 11.6. The van der Waals surface area contributed by atoms with E-state index < -0.39 is 40.1 Å². The fourth-order valence-corrected chi connectivity index (χ4v) is 3.82. The van der Waals surface area contributed by atoms with E-state index in [2.05, 4.69) is 0 Å². The molecule has 1 aromatic heterocycles. The van der Waals surface area contributed by atoms with E-state index in [1.165, 1.54) is 4.90 Å². The lowest BCUT2D eigenvalue weighted by Crippen LogP contribution is -2.50. The van der Waals surface area contributed by atoms with Crippen LogP contribution in [-0.2, 0) is 32.3 Å². The van der Waals surface area contributed by atoms with E-state index in [1.807, 2.05) is 6.07 Å². The molecule has 1 N–H and O–H groups in total. The Kier molecular flexibility index (Phi) is 6.70. The molecule has 3 rings (SSSR count). The average molecular weight is 464 g/mol. The summed E-state index contributed by atoms with van der Waals surface area (Å²) in [7, 11) is -3.88. The zero-order valence-corrected chi connectivity index (χ0v) is 18.7. The van der Waals surface area contributed by atoms with Crippen LogP contribution in [0.2, 0.25) is 0 Å². The van der Waals surface area contributed by atoms with Crippen LogP contribution in [0.4, 0.5) is 0 Å². The zero-order chi connectivity index (χ0) is 23.6. The van der Waals surface area contributed by atoms with Crippen LogP contribution in [0.5, 0.6) is 5.75 Å². The van der Waals surface area contributed by atoms with Gasteiger partial charge in [0.15, 0.2) is 11.4 Å². The maximum absolute atomic E-state index is 13.3. The Morgan fingerprint density at radius 2 is 1.84 bits per heavy atom. The number of ether oxygens (including phenoxy) is 1. The van der Waals surface area contributed by atoms with Crippen molar-refractivity contribution in [2.24, 2.45) is 0 Å². The van der Waals surface area contributed by atoms with Crippen molar-refractivity contribution in [1.29, 1.82) is 0 Å². The smallest absolute Gasteiger partial charge is 0.328 e. The summed E-state index contributed by atoms with van der Waals surface area (Å²) in [6, 6.07) is 8.40. The number of carbonyl (C=O) groups is 2. The third-order valence-corrected chi connectivity index (χ3v) is 5.53. The molecular formula is C21H24N2O8S. The molecule has 0 spiro atoms. The second-order valence-corrected chi connectivity index (χ2v) is 9.34. The van der Waals surface area contributed by atoms with Crippen molar-refractivity contribution in [2.75, 3.05) is 12.8 Å². The van der Waals surface area contributed by atoms with Gasteiger partial charge in [-0.05, 0) is 19.4 Å². The molecule has 0 aliphatic carbocycles. The Morgan fingerprint density at radius 1 is 1.19 bits per heavy atom. The van der Waals surface area contributed by atoms with Gasteiger partial charge in [0.25, 0.3) is 16.0 Å².